The molecule has 0 unspecified atom stereocenters. The topological polar surface area (TPSA) is 49.4 Å². The lowest BCUT2D eigenvalue weighted by Gasteiger charge is -2.22. The SMILES string of the molecule is CCN(CC)C(=S)NS(=O)(=O)c1ccc(C(F)(F)F)cc1. The van der Waals surface area contributed by atoms with Crippen LogP contribution in [0.15, 0.2) is 29.2 Å². The lowest BCUT2D eigenvalue weighted by molar-refractivity contribution is -0.137. The zero-order chi connectivity index (χ0) is 16.3. The highest BCUT2D eigenvalue weighted by molar-refractivity contribution is 7.91. The van der Waals surface area contributed by atoms with Gasteiger partial charge < -0.3 is 4.90 Å². The normalized spacial score (nSPS) is 12.0. The smallest absolute Gasteiger partial charge is 0.349 e. The van der Waals surface area contributed by atoms with Gasteiger partial charge in [0.1, 0.15) is 0 Å². The van der Waals surface area contributed by atoms with Crippen LogP contribution in [0, 0.1) is 0 Å². The van der Waals surface area contributed by atoms with Crippen LogP contribution in [0.25, 0.3) is 0 Å². The molecule has 0 spiro atoms. The molecule has 0 radical (unpaired) electrons. The highest BCUT2D eigenvalue weighted by Gasteiger charge is 2.30. The Hall–Kier alpha value is -1.35. The Morgan fingerprint density at radius 1 is 1.19 bits per heavy atom. The molecule has 1 N–H and O–H groups in total. The summed E-state index contributed by atoms with van der Waals surface area (Å²) in [4.78, 5) is 1.33. The van der Waals surface area contributed by atoms with Crippen molar-refractivity contribution in [3.63, 3.8) is 0 Å². The Morgan fingerprint density at radius 2 is 1.67 bits per heavy atom. The van der Waals surface area contributed by atoms with Gasteiger partial charge in [0.05, 0.1) is 10.5 Å². The van der Waals surface area contributed by atoms with Crippen molar-refractivity contribution in [3.8, 4) is 0 Å². The van der Waals surface area contributed by atoms with Gasteiger partial charge >= 0.3 is 6.18 Å². The molecule has 21 heavy (non-hydrogen) atoms. The molecule has 1 aromatic rings. The van der Waals surface area contributed by atoms with E-state index in [0.29, 0.717) is 13.1 Å². The van der Waals surface area contributed by atoms with Crippen molar-refractivity contribution in [2.24, 2.45) is 0 Å². The van der Waals surface area contributed by atoms with Crippen LogP contribution in [-0.4, -0.2) is 31.5 Å². The molecule has 118 valence electrons. The zero-order valence-electron chi connectivity index (χ0n) is 11.4. The molecule has 0 bridgehead atoms. The van der Waals surface area contributed by atoms with Gasteiger partial charge in [0, 0.05) is 13.1 Å². The van der Waals surface area contributed by atoms with Crippen molar-refractivity contribution < 1.29 is 21.6 Å². The maximum atomic E-state index is 12.4. The fourth-order valence-corrected chi connectivity index (χ4v) is 3.13. The van der Waals surface area contributed by atoms with E-state index in [1.165, 1.54) is 0 Å². The van der Waals surface area contributed by atoms with Crippen molar-refractivity contribution in [1.29, 1.82) is 0 Å². The number of nitrogens with zero attached hydrogens (tertiary/aromatic N) is 1. The zero-order valence-corrected chi connectivity index (χ0v) is 13.1. The number of hydrogen-bond acceptors (Lipinski definition) is 3. The minimum absolute atomic E-state index is 0.0138. The maximum Gasteiger partial charge on any atom is 0.416 e. The standard InChI is InChI=1S/C12H15F3N2O2S2/c1-3-17(4-2)11(20)16-21(18,19)10-7-5-9(6-8-10)12(13,14)15/h5-8H,3-4H2,1-2H3,(H,16,20). The van der Waals surface area contributed by atoms with Gasteiger partial charge in [-0.1, -0.05) is 0 Å². The molecule has 0 aliphatic carbocycles. The quantitative estimate of drug-likeness (QED) is 0.856. The molecule has 0 saturated carbocycles. The Bertz CT molecular complexity index is 594. The van der Waals surface area contributed by atoms with Gasteiger partial charge in [0.25, 0.3) is 10.0 Å². The molecule has 0 amide bonds. The predicted molar refractivity (Wildman–Crippen MR) is 77.3 cm³/mol. The van der Waals surface area contributed by atoms with Gasteiger partial charge in [0.15, 0.2) is 5.11 Å². The van der Waals surface area contributed by atoms with Gasteiger partial charge in [-0.3, -0.25) is 4.72 Å². The number of alkyl halides is 3. The fraction of sp³-hybridized carbons (Fsp3) is 0.417. The second kappa shape index (κ2) is 6.61. The number of hydrogen-bond donors (Lipinski definition) is 1. The third-order valence-electron chi connectivity index (χ3n) is 2.76. The summed E-state index contributed by atoms with van der Waals surface area (Å²) in [6.45, 7) is 4.65. The average Bonchev–Trinajstić information content (AvgIpc) is 2.38. The maximum absolute atomic E-state index is 12.4. The lowest BCUT2D eigenvalue weighted by Crippen LogP contribution is -2.42. The van der Waals surface area contributed by atoms with Crippen molar-refractivity contribution in [2.75, 3.05) is 13.1 Å². The minimum Gasteiger partial charge on any atom is -0.349 e. The number of nitrogens with one attached hydrogen (secondary N) is 1. The Labute approximate surface area is 127 Å². The molecule has 1 rings (SSSR count). The second-order valence-corrected chi connectivity index (χ2v) is 6.17. The number of benzene rings is 1. The molecule has 0 atom stereocenters. The summed E-state index contributed by atoms with van der Waals surface area (Å²) < 4.78 is 63.5. The third kappa shape index (κ3) is 4.57. The van der Waals surface area contributed by atoms with Crippen molar-refractivity contribution in [2.45, 2.75) is 24.9 Å². The van der Waals surface area contributed by atoms with Crippen LogP contribution in [0.5, 0.6) is 0 Å². The van der Waals surface area contributed by atoms with E-state index >= 15 is 0 Å². The molecule has 0 aliphatic rings. The van der Waals surface area contributed by atoms with Gasteiger partial charge in [-0.2, -0.15) is 13.2 Å². The summed E-state index contributed by atoms with van der Waals surface area (Å²) in [5.41, 5.74) is -0.909. The van der Waals surface area contributed by atoms with Gasteiger partial charge in [-0.15, -0.1) is 0 Å². The van der Waals surface area contributed by atoms with Crippen LogP contribution in [0.3, 0.4) is 0 Å². The van der Waals surface area contributed by atoms with Gasteiger partial charge in [-0.05, 0) is 50.3 Å². The van der Waals surface area contributed by atoms with Crippen LogP contribution >= 0.6 is 12.2 Å². The number of sulfonamides is 1. The van der Waals surface area contributed by atoms with Crippen LogP contribution < -0.4 is 4.72 Å². The first-order valence-corrected chi connectivity index (χ1v) is 8.00. The van der Waals surface area contributed by atoms with E-state index in [9.17, 15) is 21.6 Å². The largest absolute Gasteiger partial charge is 0.416 e. The van der Waals surface area contributed by atoms with Crippen molar-refractivity contribution in [1.82, 2.24) is 9.62 Å². The molecule has 1 aromatic carbocycles. The number of rotatable bonds is 4. The van der Waals surface area contributed by atoms with Crippen molar-refractivity contribution >= 4 is 27.4 Å². The highest BCUT2D eigenvalue weighted by Crippen LogP contribution is 2.29. The molecular formula is C12H15F3N2O2S2. The van der Waals surface area contributed by atoms with Crippen LogP contribution in [0.4, 0.5) is 13.2 Å². The van der Waals surface area contributed by atoms with E-state index in [-0.39, 0.29) is 10.0 Å². The molecule has 0 aromatic heterocycles. The molecule has 0 aliphatic heterocycles. The Morgan fingerprint density at radius 3 is 2.05 bits per heavy atom. The second-order valence-electron chi connectivity index (χ2n) is 4.11. The van der Waals surface area contributed by atoms with E-state index in [4.69, 9.17) is 12.2 Å². The first-order valence-electron chi connectivity index (χ1n) is 6.10. The first kappa shape index (κ1) is 17.7. The molecule has 9 heteroatoms. The highest BCUT2D eigenvalue weighted by atomic mass is 32.2. The Balaban J connectivity index is 2.96. The average molecular weight is 340 g/mol. The van der Waals surface area contributed by atoms with E-state index in [1.807, 2.05) is 13.8 Å². The lowest BCUT2D eigenvalue weighted by atomic mass is 10.2. The van der Waals surface area contributed by atoms with Crippen molar-refractivity contribution in [3.05, 3.63) is 29.8 Å². The van der Waals surface area contributed by atoms with Crippen LogP contribution in [-0.2, 0) is 16.2 Å². The minimum atomic E-state index is -4.51. The molecule has 4 nitrogen and oxygen atoms in total. The molecule has 0 heterocycles. The van der Waals surface area contributed by atoms with E-state index in [0.717, 1.165) is 24.3 Å². The summed E-state index contributed by atoms with van der Waals surface area (Å²) in [6, 6.07) is 3.23. The van der Waals surface area contributed by atoms with E-state index < -0.39 is 21.8 Å². The van der Waals surface area contributed by atoms with E-state index in [2.05, 4.69) is 4.72 Å². The van der Waals surface area contributed by atoms with Gasteiger partial charge in [0.2, 0.25) is 0 Å². The number of halogens is 3. The first-order chi connectivity index (χ1) is 9.61. The third-order valence-corrected chi connectivity index (χ3v) is 4.61. The summed E-state index contributed by atoms with van der Waals surface area (Å²) in [5, 5.41) is 0.0138. The van der Waals surface area contributed by atoms with Gasteiger partial charge in [-0.25, -0.2) is 8.42 Å². The summed E-state index contributed by atoms with van der Waals surface area (Å²) in [7, 11) is -3.99. The predicted octanol–water partition coefficient (Wildman–Crippen LogP) is 2.61. The molecular weight excluding hydrogens is 325 g/mol. The van der Waals surface area contributed by atoms with Crippen LogP contribution in [0.1, 0.15) is 19.4 Å². The molecule has 0 fully saturated rings. The molecule has 0 saturated heterocycles. The monoisotopic (exact) mass is 340 g/mol. The summed E-state index contributed by atoms with van der Waals surface area (Å²) in [6.07, 6.45) is -4.51. The van der Waals surface area contributed by atoms with Crippen LogP contribution in [0.2, 0.25) is 0 Å². The number of thiocarbonyl (C=S) groups is 1. The Kier molecular flexibility index (Phi) is 5.57. The summed E-state index contributed by atoms with van der Waals surface area (Å²) >= 11 is 4.96. The fourth-order valence-electron chi connectivity index (χ4n) is 1.57. The van der Waals surface area contributed by atoms with E-state index in [1.54, 1.807) is 4.90 Å². The summed E-state index contributed by atoms with van der Waals surface area (Å²) in [5.74, 6) is 0.